The third-order valence-corrected chi connectivity index (χ3v) is 2.65. The van der Waals surface area contributed by atoms with Gasteiger partial charge < -0.3 is 10.2 Å². The molecule has 0 spiro atoms. The zero-order valence-electron chi connectivity index (χ0n) is 11.1. The van der Waals surface area contributed by atoms with E-state index in [4.69, 9.17) is 0 Å². The second kappa shape index (κ2) is 5.99. The Kier molecular flexibility index (Phi) is 4.12. The molecule has 0 aliphatic heterocycles. The van der Waals surface area contributed by atoms with E-state index in [9.17, 15) is 4.79 Å². The van der Waals surface area contributed by atoms with Crippen molar-refractivity contribution in [1.82, 2.24) is 20.1 Å². The molecule has 0 unspecified atom stereocenters. The van der Waals surface area contributed by atoms with Crippen LogP contribution < -0.4 is 5.32 Å². The number of carbonyl (C=O) groups excluding carboxylic acids is 1. The first-order chi connectivity index (χ1) is 9.20. The van der Waals surface area contributed by atoms with Gasteiger partial charge in [-0.3, -0.25) is 9.89 Å². The van der Waals surface area contributed by atoms with Gasteiger partial charge in [0, 0.05) is 31.9 Å². The van der Waals surface area contributed by atoms with Crippen LogP contribution in [0.3, 0.4) is 0 Å². The summed E-state index contributed by atoms with van der Waals surface area (Å²) < 4.78 is 0. The minimum Gasteiger partial charge on any atom is -0.370 e. The molecule has 0 fully saturated rings. The highest BCUT2D eigenvalue weighted by Crippen LogP contribution is 2.08. The molecule has 0 saturated carbocycles. The summed E-state index contributed by atoms with van der Waals surface area (Å²) in [4.78, 5) is 18.1. The number of hydrogen-bond donors (Lipinski definition) is 2. The van der Waals surface area contributed by atoms with E-state index < -0.39 is 0 Å². The molecule has 6 nitrogen and oxygen atoms in total. The maximum atomic E-state index is 12.2. The molecule has 0 atom stereocenters. The number of anilines is 1. The Balaban J connectivity index is 2.08. The second-order valence-corrected chi connectivity index (χ2v) is 4.21. The average Bonchev–Trinajstić information content (AvgIpc) is 2.91. The van der Waals surface area contributed by atoms with E-state index in [0.29, 0.717) is 18.1 Å². The fourth-order valence-corrected chi connectivity index (χ4v) is 1.74. The highest BCUT2D eigenvalue weighted by atomic mass is 16.2. The van der Waals surface area contributed by atoms with E-state index in [1.54, 1.807) is 30.4 Å². The van der Waals surface area contributed by atoms with Crippen LogP contribution in [0.5, 0.6) is 0 Å². The topological polar surface area (TPSA) is 73.9 Å². The van der Waals surface area contributed by atoms with Gasteiger partial charge in [0.25, 0.3) is 5.91 Å². The summed E-state index contributed by atoms with van der Waals surface area (Å²) in [5.41, 5.74) is 1.39. The van der Waals surface area contributed by atoms with E-state index in [-0.39, 0.29) is 5.91 Å². The minimum atomic E-state index is -0.110. The van der Waals surface area contributed by atoms with Crippen LogP contribution in [0.4, 0.5) is 5.82 Å². The number of carbonyl (C=O) groups is 1. The molecule has 100 valence electrons. The first-order valence-electron chi connectivity index (χ1n) is 6.14. The van der Waals surface area contributed by atoms with Gasteiger partial charge in [0.15, 0.2) is 0 Å². The molecule has 2 rings (SSSR count). The Hall–Kier alpha value is -2.37. The Morgan fingerprint density at radius 1 is 1.47 bits per heavy atom. The van der Waals surface area contributed by atoms with Crippen LogP contribution in [-0.2, 0) is 6.54 Å². The highest BCUT2D eigenvalue weighted by Gasteiger charge is 2.14. The van der Waals surface area contributed by atoms with Crippen LogP contribution in [0.25, 0.3) is 0 Å². The lowest BCUT2D eigenvalue weighted by molar-refractivity contribution is 0.0779. The molecule has 2 N–H and O–H groups in total. The summed E-state index contributed by atoms with van der Waals surface area (Å²) in [5, 5.41) is 9.67. The summed E-state index contributed by atoms with van der Waals surface area (Å²) in [6.45, 7) is 3.26. The number of pyridine rings is 1. The maximum absolute atomic E-state index is 12.2. The van der Waals surface area contributed by atoms with Crippen molar-refractivity contribution in [2.24, 2.45) is 0 Å². The monoisotopic (exact) mass is 259 g/mol. The largest absolute Gasteiger partial charge is 0.370 e. The molecule has 2 aromatic rings. The lowest BCUT2D eigenvalue weighted by atomic mass is 10.3. The van der Waals surface area contributed by atoms with Gasteiger partial charge in [-0.25, -0.2) is 4.98 Å². The predicted octanol–water partition coefficient (Wildman–Crippen LogP) is 1.51. The van der Waals surface area contributed by atoms with Crippen LogP contribution in [0.1, 0.15) is 23.0 Å². The molecule has 0 aliphatic rings. The third-order valence-electron chi connectivity index (χ3n) is 2.65. The van der Waals surface area contributed by atoms with E-state index in [2.05, 4.69) is 20.5 Å². The van der Waals surface area contributed by atoms with E-state index in [0.717, 1.165) is 12.1 Å². The van der Waals surface area contributed by atoms with Crippen molar-refractivity contribution in [2.45, 2.75) is 13.5 Å². The Bertz CT molecular complexity index is 538. The summed E-state index contributed by atoms with van der Waals surface area (Å²) in [6.07, 6.45) is 3.47. The molecule has 2 heterocycles. The van der Waals surface area contributed by atoms with Crippen LogP contribution >= 0.6 is 0 Å². The van der Waals surface area contributed by atoms with Crippen molar-refractivity contribution < 1.29 is 4.79 Å². The number of aromatic amines is 1. The first kappa shape index (κ1) is 13.1. The zero-order valence-corrected chi connectivity index (χ0v) is 11.1. The molecule has 2 aromatic heterocycles. The zero-order chi connectivity index (χ0) is 13.7. The molecule has 0 bridgehead atoms. The van der Waals surface area contributed by atoms with Gasteiger partial charge in [-0.15, -0.1) is 0 Å². The van der Waals surface area contributed by atoms with Crippen molar-refractivity contribution in [3.63, 3.8) is 0 Å². The third kappa shape index (κ3) is 3.31. The molecule has 1 amide bonds. The molecule has 0 aliphatic carbocycles. The number of aromatic nitrogens is 3. The first-order valence-corrected chi connectivity index (χ1v) is 6.14. The Morgan fingerprint density at radius 2 is 2.32 bits per heavy atom. The molecule has 0 saturated heterocycles. The lowest BCUT2D eigenvalue weighted by Crippen LogP contribution is -2.27. The SMILES string of the molecule is CCNc1cccc(C(=O)N(C)Cc2cn[nH]c2)n1. The van der Waals surface area contributed by atoms with E-state index >= 15 is 0 Å². The van der Waals surface area contributed by atoms with Crippen molar-refractivity contribution in [2.75, 3.05) is 18.9 Å². The van der Waals surface area contributed by atoms with Gasteiger partial charge in [0.1, 0.15) is 11.5 Å². The molecule has 19 heavy (non-hydrogen) atoms. The molecular weight excluding hydrogens is 242 g/mol. The number of nitrogens with zero attached hydrogens (tertiary/aromatic N) is 3. The van der Waals surface area contributed by atoms with E-state index in [1.165, 1.54) is 0 Å². The van der Waals surface area contributed by atoms with Crippen LogP contribution in [0.2, 0.25) is 0 Å². The van der Waals surface area contributed by atoms with Crippen LogP contribution in [-0.4, -0.2) is 39.6 Å². The van der Waals surface area contributed by atoms with Gasteiger partial charge in [0.2, 0.25) is 0 Å². The predicted molar refractivity (Wildman–Crippen MR) is 72.8 cm³/mol. The highest BCUT2D eigenvalue weighted by molar-refractivity contribution is 5.92. The fraction of sp³-hybridized carbons (Fsp3) is 0.308. The number of amides is 1. The van der Waals surface area contributed by atoms with Gasteiger partial charge in [-0.1, -0.05) is 6.07 Å². The summed E-state index contributed by atoms with van der Waals surface area (Å²) in [6, 6.07) is 5.38. The van der Waals surface area contributed by atoms with E-state index in [1.807, 2.05) is 19.1 Å². The van der Waals surface area contributed by atoms with Crippen molar-refractivity contribution in [1.29, 1.82) is 0 Å². The van der Waals surface area contributed by atoms with Crippen molar-refractivity contribution >= 4 is 11.7 Å². The fourth-order valence-electron chi connectivity index (χ4n) is 1.74. The maximum Gasteiger partial charge on any atom is 0.272 e. The average molecular weight is 259 g/mol. The van der Waals surface area contributed by atoms with Crippen LogP contribution in [0, 0.1) is 0 Å². The molecule has 0 aromatic carbocycles. The molecule has 0 radical (unpaired) electrons. The van der Waals surface area contributed by atoms with Gasteiger partial charge in [-0.2, -0.15) is 5.10 Å². The minimum absolute atomic E-state index is 0.110. The lowest BCUT2D eigenvalue weighted by Gasteiger charge is -2.16. The molecular formula is C13H17N5O. The Morgan fingerprint density at radius 3 is 3.00 bits per heavy atom. The number of rotatable bonds is 5. The van der Waals surface area contributed by atoms with Gasteiger partial charge in [-0.05, 0) is 19.1 Å². The number of hydrogen-bond acceptors (Lipinski definition) is 4. The van der Waals surface area contributed by atoms with Crippen molar-refractivity contribution in [3.05, 3.63) is 41.9 Å². The quantitative estimate of drug-likeness (QED) is 0.853. The molecule has 6 heteroatoms. The standard InChI is InChI=1S/C13H17N5O/c1-3-14-12-6-4-5-11(17-12)13(19)18(2)9-10-7-15-16-8-10/h4-8H,3,9H2,1-2H3,(H,14,17)(H,15,16). The summed E-state index contributed by atoms with van der Waals surface area (Å²) in [5.74, 6) is 0.603. The normalized spacial score (nSPS) is 10.2. The number of nitrogens with one attached hydrogen (secondary N) is 2. The summed E-state index contributed by atoms with van der Waals surface area (Å²) in [7, 11) is 1.75. The van der Waals surface area contributed by atoms with Gasteiger partial charge in [0.05, 0.1) is 6.20 Å². The smallest absolute Gasteiger partial charge is 0.272 e. The van der Waals surface area contributed by atoms with Crippen LogP contribution in [0.15, 0.2) is 30.6 Å². The number of H-pyrrole nitrogens is 1. The summed E-state index contributed by atoms with van der Waals surface area (Å²) >= 11 is 0. The van der Waals surface area contributed by atoms with Gasteiger partial charge >= 0.3 is 0 Å². The van der Waals surface area contributed by atoms with Crippen molar-refractivity contribution in [3.8, 4) is 0 Å². The second-order valence-electron chi connectivity index (χ2n) is 4.21. The Labute approximate surface area is 111 Å².